The van der Waals surface area contributed by atoms with Gasteiger partial charge < -0.3 is 32.2 Å². The van der Waals surface area contributed by atoms with E-state index in [-0.39, 0.29) is 0 Å². The Morgan fingerprint density at radius 2 is 1.36 bits per heavy atom. The molecular formula is C17H34O7Si. The molecular weight excluding hydrogens is 344 g/mol. The highest BCUT2D eigenvalue weighted by Gasteiger charge is 2.48. The Balaban J connectivity index is 2.04. The zero-order valence-electron chi connectivity index (χ0n) is 16.4. The van der Waals surface area contributed by atoms with Crippen LogP contribution in [0, 0.1) is 5.92 Å². The first-order valence-electron chi connectivity index (χ1n) is 9.18. The third-order valence-electron chi connectivity index (χ3n) is 5.00. The minimum Gasteiger partial charge on any atom is -0.370 e. The fourth-order valence-electron chi connectivity index (χ4n) is 3.29. The highest BCUT2D eigenvalue weighted by Crippen LogP contribution is 2.42. The Hall–Kier alpha value is -0.0631. The maximum absolute atomic E-state index is 6.14. The van der Waals surface area contributed by atoms with E-state index in [4.69, 9.17) is 32.2 Å². The fraction of sp³-hybridized carbons (Fsp3) is 1.00. The van der Waals surface area contributed by atoms with E-state index < -0.39 is 27.7 Å². The quantitative estimate of drug-likeness (QED) is 0.294. The predicted octanol–water partition coefficient (Wildman–Crippen LogP) is 2.91. The second-order valence-corrected chi connectivity index (χ2v) is 9.45. The van der Waals surface area contributed by atoms with Gasteiger partial charge in [0.25, 0.3) is 0 Å². The molecule has 0 aromatic carbocycles. The van der Waals surface area contributed by atoms with Crippen LogP contribution in [0.3, 0.4) is 0 Å². The lowest BCUT2D eigenvalue weighted by molar-refractivity contribution is -0.163. The van der Waals surface area contributed by atoms with Gasteiger partial charge in [0.1, 0.15) is 18.9 Å². The van der Waals surface area contributed by atoms with Crippen LogP contribution in [-0.4, -0.2) is 61.2 Å². The van der Waals surface area contributed by atoms with Gasteiger partial charge in [0.15, 0.2) is 0 Å². The molecule has 0 aromatic heterocycles. The summed E-state index contributed by atoms with van der Waals surface area (Å²) >= 11 is 0. The summed E-state index contributed by atoms with van der Waals surface area (Å²) in [5, 5.41) is 0. The molecule has 6 atom stereocenters. The number of ether oxygens (including phenoxy) is 4. The average Bonchev–Trinajstić information content (AvgIpc) is 3.38. The first kappa shape index (κ1) is 21.2. The first-order chi connectivity index (χ1) is 11.9. The standard InChI is InChI=1S/C17H34O7Si/c1-12(18-4)22-25(23-13(2)19-5,24-14(3)20-6)10-9-15-7-8-16-17(11-15)21-16/h12-17H,7-11H2,1-6H3. The van der Waals surface area contributed by atoms with Crippen molar-refractivity contribution in [3.63, 3.8) is 0 Å². The number of rotatable bonds is 12. The Morgan fingerprint density at radius 3 is 1.80 bits per heavy atom. The molecule has 7 nitrogen and oxygen atoms in total. The van der Waals surface area contributed by atoms with E-state index in [1.54, 1.807) is 21.3 Å². The topological polar surface area (TPSA) is 67.9 Å². The molecule has 0 radical (unpaired) electrons. The maximum Gasteiger partial charge on any atom is 0.506 e. The van der Waals surface area contributed by atoms with Crippen molar-refractivity contribution >= 4 is 8.80 Å². The third kappa shape index (κ3) is 6.55. The van der Waals surface area contributed by atoms with E-state index in [0.29, 0.717) is 24.2 Å². The Labute approximate surface area is 152 Å². The molecule has 8 heteroatoms. The minimum absolute atomic E-state index is 0.428. The summed E-state index contributed by atoms with van der Waals surface area (Å²) in [6.07, 6.45) is 4.13. The Morgan fingerprint density at radius 1 is 0.840 bits per heavy atom. The van der Waals surface area contributed by atoms with Gasteiger partial charge in [-0.25, -0.2) is 0 Å². The summed E-state index contributed by atoms with van der Waals surface area (Å²) < 4.78 is 40.0. The second kappa shape index (κ2) is 9.75. The van der Waals surface area contributed by atoms with Crippen molar-refractivity contribution in [2.45, 2.75) is 83.6 Å². The molecule has 2 aliphatic rings. The van der Waals surface area contributed by atoms with Crippen LogP contribution in [0.15, 0.2) is 0 Å². The molecule has 0 N–H and O–H groups in total. The van der Waals surface area contributed by atoms with Crippen molar-refractivity contribution in [1.82, 2.24) is 0 Å². The van der Waals surface area contributed by atoms with Gasteiger partial charge in [-0.1, -0.05) is 0 Å². The van der Waals surface area contributed by atoms with Crippen LogP contribution in [0.1, 0.15) is 46.5 Å². The highest BCUT2D eigenvalue weighted by atomic mass is 28.4. The van der Waals surface area contributed by atoms with Crippen molar-refractivity contribution in [3.05, 3.63) is 0 Å². The zero-order valence-corrected chi connectivity index (χ0v) is 17.4. The number of epoxide rings is 1. The number of methoxy groups -OCH3 is 3. The lowest BCUT2D eigenvalue weighted by atomic mass is 9.88. The summed E-state index contributed by atoms with van der Waals surface area (Å²) in [5.74, 6) is 0.611. The molecule has 1 saturated carbocycles. The van der Waals surface area contributed by atoms with E-state index in [1.807, 2.05) is 20.8 Å². The van der Waals surface area contributed by atoms with Crippen LogP contribution < -0.4 is 0 Å². The van der Waals surface area contributed by atoms with Crippen LogP contribution in [0.4, 0.5) is 0 Å². The SMILES string of the molecule is COC(C)O[Si](CCC1CCC2OC2C1)(OC(C)OC)OC(C)OC. The fourth-order valence-corrected chi connectivity index (χ4v) is 6.38. The van der Waals surface area contributed by atoms with Gasteiger partial charge in [0, 0.05) is 27.4 Å². The molecule has 1 heterocycles. The van der Waals surface area contributed by atoms with Crippen LogP contribution in [0.25, 0.3) is 0 Å². The summed E-state index contributed by atoms with van der Waals surface area (Å²) in [4.78, 5) is 0. The number of hydrogen-bond donors (Lipinski definition) is 0. The molecule has 1 aliphatic carbocycles. The molecule has 1 aliphatic heterocycles. The van der Waals surface area contributed by atoms with Gasteiger partial charge in [0.05, 0.1) is 12.2 Å². The Kier molecular flexibility index (Phi) is 8.28. The first-order valence-corrected chi connectivity index (χ1v) is 11.1. The van der Waals surface area contributed by atoms with E-state index >= 15 is 0 Å². The average molecular weight is 379 g/mol. The summed E-state index contributed by atoms with van der Waals surface area (Å²) in [5.41, 5.74) is 0. The van der Waals surface area contributed by atoms with E-state index in [2.05, 4.69) is 0 Å². The van der Waals surface area contributed by atoms with Crippen LogP contribution in [0.2, 0.25) is 6.04 Å². The van der Waals surface area contributed by atoms with Crippen LogP contribution in [0.5, 0.6) is 0 Å². The smallest absolute Gasteiger partial charge is 0.370 e. The van der Waals surface area contributed by atoms with E-state index in [9.17, 15) is 0 Å². The summed E-state index contributed by atoms with van der Waals surface area (Å²) in [6, 6.07) is 0.699. The van der Waals surface area contributed by atoms with Gasteiger partial charge in [0.2, 0.25) is 0 Å². The van der Waals surface area contributed by atoms with E-state index in [1.165, 1.54) is 6.42 Å². The lowest BCUT2D eigenvalue weighted by Gasteiger charge is -2.36. The lowest BCUT2D eigenvalue weighted by Crippen LogP contribution is -2.52. The van der Waals surface area contributed by atoms with Gasteiger partial charge in [-0.2, -0.15) is 0 Å². The van der Waals surface area contributed by atoms with Gasteiger partial charge >= 0.3 is 8.80 Å². The van der Waals surface area contributed by atoms with E-state index in [0.717, 1.165) is 19.3 Å². The van der Waals surface area contributed by atoms with Crippen molar-refractivity contribution in [1.29, 1.82) is 0 Å². The van der Waals surface area contributed by atoms with Crippen LogP contribution in [-0.2, 0) is 32.2 Å². The normalized spacial score (nSPS) is 31.7. The molecule has 6 unspecified atom stereocenters. The Bertz CT molecular complexity index is 366. The molecule has 25 heavy (non-hydrogen) atoms. The van der Waals surface area contributed by atoms with Crippen molar-refractivity contribution in [2.75, 3.05) is 21.3 Å². The molecule has 0 spiro atoms. The van der Waals surface area contributed by atoms with Crippen LogP contribution >= 0.6 is 0 Å². The molecule has 0 amide bonds. The minimum atomic E-state index is -3.06. The van der Waals surface area contributed by atoms with Gasteiger partial charge in [-0.05, 0) is 52.4 Å². The summed E-state index contributed by atoms with van der Waals surface area (Å²) in [6.45, 7) is 5.52. The largest absolute Gasteiger partial charge is 0.506 e. The molecule has 0 bridgehead atoms. The van der Waals surface area contributed by atoms with Gasteiger partial charge in [-0.3, -0.25) is 0 Å². The molecule has 1 saturated heterocycles. The number of fused-ring (bicyclic) bond motifs is 1. The second-order valence-electron chi connectivity index (χ2n) is 6.88. The summed E-state index contributed by atoms with van der Waals surface area (Å²) in [7, 11) is 1.76. The van der Waals surface area contributed by atoms with Crippen molar-refractivity contribution in [3.8, 4) is 0 Å². The third-order valence-corrected chi connectivity index (χ3v) is 7.98. The monoisotopic (exact) mass is 378 g/mol. The maximum atomic E-state index is 6.14. The molecule has 2 rings (SSSR count). The molecule has 0 aromatic rings. The number of hydrogen-bond acceptors (Lipinski definition) is 7. The highest BCUT2D eigenvalue weighted by molar-refractivity contribution is 6.60. The molecule has 2 fully saturated rings. The van der Waals surface area contributed by atoms with Gasteiger partial charge in [-0.15, -0.1) is 0 Å². The zero-order chi connectivity index (χ0) is 18.4. The van der Waals surface area contributed by atoms with Crippen molar-refractivity contribution in [2.24, 2.45) is 5.92 Å². The predicted molar refractivity (Wildman–Crippen MR) is 93.8 cm³/mol. The van der Waals surface area contributed by atoms with Crippen molar-refractivity contribution < 1.29 is 32.2 Å². The molecule has 148 valence electrons.